The zero-order valence-corrected chi connectivity index (χ0v) is 17.0. The van der Waals surface area contributed by atoms with Gasteiger partial charge in [0.25, 0.3) is 0 Å². The van der Waals surface area contributed by atoms with Crippen LogP contribution >= 0.6 is 0 Å². The molecule has 0 atom stereocenters. The molecule has 0 aliphatic carbocycles. The van der Waals surface area contributed by atoms with Crippen LogP contribution in [0.4, 0.5) is 8.78 Å². The molecule has 3 heteroatoms. The van der Waals surface area contributed by atoms with Crippen LogP contribution in [-0.4, -0.2) is 7.11 Å². The van der Waals surface area contributed by atoms with Crippen molar-refractivity contribution in [2.24, 2.45) is 0 Å². The molecule has 0 radical (unpaired) electrons. The van der Waals surface area contributed by atoms with Crippen LogP contribution in [0.15, 0.2) is 60.2 Å². The van der Waals surface area contributed by atoms with Crippen LogP contribution in [-0.2, 0) is 6.42 Å². The molecule has 0 aliphatic rings. The lowest BCUT2D eigenvalue weighted by atomic mass is 10.0. The number of benzene rings is 2. The summed E-state index contributed by atoms with van der Waals surface area (Å²) < 4.78 is 32.7. The zero-order chi connectivity index (χ0) is 20.9. The minimum atomic E-state index is -1.17. The van der Waals surface area contributed by atoms with E-state index < -0.39 is 11.7 Å². The molecular formula is C26H26F2O. The average molecular weight is 392 g/mol. The third kappa shape index (κ3) is 8.24. The Morgan fingerprint density at radius 2 is 1.28 bits per heavy atom. The Balaban J connectivity index is 1.94. The van der Waals surface area contributed by atoms with Gasteiger partial charge in [-0.2, -0.15) is 8.78 Å². The molecule has 0 N–H and O–H groups in total. The zero-order valence-electron chi connectivity index (χ0n) is 17.0. The molecule has 0 unspecified atom stereocenters. The standard InChI is InChI=1S/C26H26F2O/c1-3-4-5-6-7-8-21-9-11-22(12-10-21)15-19-25(27)26(28)20-16-23-13-17-24(29-2)18-14-23/h9-14,17-18H,3-8H2,1-2H3. The molecule has 0 aromatic heterocycles. The van der Waals surface area contributed by atoms with Gasteiger partial charge in [0.05, 0.1) is 7.11 Å². The largest absolute Gasteiger partial charge is 0.497 e. The van der Waals surface area contributed by atoms with Gasteiger partial charge in [-0.1, -0.05) is 56.6 Å². The highest BCUT2D eigenvalue weighted by Crippen LogP contribution is 2.12. The number of rotatable bonds is 7. The Hall–Kier alpha value is -3.04. The molecule has 0 heterocycles. The van der Waals surface area contributed by atoms with Gasteiger partial charge < -0.3 is 4.74 Å². The Bertz CT molecular complexity index is 917. The predicted molar refractivity (Wildman–Crippen MR) is 115 cm³/mol. The average Bonchev–Trinajstić information content (AvgIpc) is 2.76. The van der Waals surface area contributed by atoms with Crippen molar-refractivity contribution in [1.82, 2.24) is 0 Å². The van der Waals surface area contributed by atoms with Crippen molar-refractivity contribution in [3.63, 3.8) is 0 Å². The summed E-state index contributed by atoms with van der Waals surface area (Å²) in [6, 6.07) is 14.4. The van der Waals surface area contributed by atoms with E-state index in [1.165, 1.54) is 37.7 Å². The summed E-state index contributed by atoms with van der Waals surface area (Å²) in [4.78, 5) is 0. The van der Waals surface area contributed by atoms with E-state index in [1.54, 1.807) is 31.4 Å². The number of unbranched alkanes of at least 4 members (excludes halogenated alkanes) is 4. The van der Waals surface area contributed by atoms with Crippen molar-refractivity contribution in [1.29, 1.82) is 0 Å². The third-order valence-corrected chi connectivity index (χ3v) is 4.44. The lowest BCUT2D eigenvalue weighted by Gasteiger charge is -2.01. The van der Waals surface area contributed by atoms with Gasteiger partial charge >= 0.3 is 0 Å². The summed E-state index contributed by atoms with van der Waals surface area (Å²) in [7, 11) is 1.55. The van der Waals surface area contributed by atoms with Crippen LogP contribution in [0.5, 0.6) is 5.75 Å². The van der Waals surface area contributed by atoms with E-state index in [1.807, 2.05) is 24.3 Å². The van der Waals surface area contributed by atoms with Gasteiger partial charge in [-0.25, -0.2) is 0 Å². The molecule has 0 aliphatic heterocycles. The number of ether oxygens (including phenoxy) is 1. The topological polar surface area (TPSA) is 9.23 Å². The molecule has 0 fully saturated rings. The van der Waals surface area contributed by atoms with Crippen LogP contribution in [0, 0.1) is 23.7 Å². The highest BCUT2D eigenvalue weighted by atomic mass is 19.2. The highest BCUT2D eigenvalue weighted by Gasteiger charge is 2.00. The van der Waals surface area contributed by atoms with Gasteiger partial charge in [0, 0.05) is 11.1 Å². The van der Waals surface area contributed by atoms with Crippen LogP contribution in [0.1, 0.15) is 55.7 Å². The molecular weight excluding hydrogens is 366 g/mol. The van der Waals surface area contributed by atoms with Gasteiger partial charge in [-0.05, 0) is 66.6 Å². The molecule has 2 rings (SSSR count). The number of allylic oxidation sites excluding steroid dienone is 2. The number of aryl methyl sites for hydroxylation is 1. The summed E-state index contributed by atoms with van der Waals surface area (Å²) >= 11 is 0. The van der Waals surface area contributed by atoms with Gasteiger partial charge in [0.1, 0.15) is 5.75 Å². The Morgan fingerprint density at radius 1 is 0.759 bits per heavy atom. The second kappa shape index (κ2) is 12.4. The summed E-state index contributed by atoms with van der Waals surface area (Å²) in [5.74, 6) is 7.92. The van der Waals surface area contributed by atoms with E-state index >= 15 is 0 Å². The maximum absolute atomic E-state index is 13.9. The number of hydrogen-bond donors (Lipinski definition) is 0. The van der Waals surface area contributed by atoms with Crippen molar-refractivity contribution >= 4 is 0 Å². The smallest absolute Gasteiger partial charge is 0.217 e. The van der Waals surface area contributed by atoms with Crippen molar-refractivity contribution in [3.05, 3.63) is 76.9 Å². The molecule has 0 spiro atoms. The molecule has 1 nitrogen and oxygen atoms in total. The van der Waals surface area contributed by atoms with E-state index in [0.717, 1.165) is 6.42 Å². The van der Waals surface area contributed by atoms with Gasteiger partial charge in [0.15, 0.2) is 0 Å². The fourth-order valence-electron chi connectivity index (χ4n) is 2.73. The van der Waals surface area contributed by atoms with Crippen molar-refractivity contribution in [3.8, 4) is 29.4 Å². The first kappa shape index (κ1) is 22.3. The minimum Gasteiger partial charge on any atom is -0.497 e. The van der Waals surface area contributed by atoms with Crippen molar-refractivity contribution in [2.75, 3.05) is 7.11 Å². The maximum Gasteiger partial charge on any atom is 0.217 e. The molecule has 150 valence electrons. The Kier molecular flexibility index (Phi) is 9.53. The first-order valence-corrected chi connectivity index (χ1v) is 9.94. The van der Waals surface area contributed by atoms with Crippen LogP contribution in [0.3, 0.4) is 0 Å². The summed E-state index contributed by atoms with van der Waals surface area (Å²) in [5.41, 5.74) is 2.44. The molecule has 0 amide bonds. The second-order valence-electron chi connectivity index (χ2n) is 6.72. The van der Waals surface area contributed by atoms with E-state index in [0.29, 0.717) is 16.9 Å². The lowest BCUT2D eigenvalue weighted by Crippen LogP contribution is -1.86. The molecule has 0 saturated heterocycles. The predicted octanol–water partition coefficient (Wildman–Crippen LogP) is 6.76. The van der Waals surface area contributed by atoms with E-state index in [9.17, 15) is 8.78 Å². The van der Waals surface area contributed by atoms with E-state index in [2.05, 4.69) is 30.6 Å². The molecule has 0 saturated carbocycles. The fourth-order valence-corrected chi connectivity index (χ4v) is 2.73. The SMILES string of the molecule is CCCCCCCc1ccc(C#CC(F)=C(F)C#Cc2ccc(OC)cc2)cc1. The molecule has 2 aromatic rings. The van der Waals surface area contributed by atoms with Crippen LogP contribution < -0.4 is 4.74 Å². The van der Waals surface area contributed by atoms with Gasteiger partial charge in [-0.3, -0.25) is 0 Å². The van der Waals surface area contributed by atoms with E-state index in [-0.39, 0.29) is 0 Å². The molecule has 29 heavy (non-hydrogen) atoms. The summed E-state index contributed by atoms with van der Waals surface area (Å²) in [6.45, 7) is 2.21. The quantitative estimate of drug-likeness (QED) is 0.373. The summed E-state index contributed by atoms with van der Waals surface area (Å²) in [6.07, 6.45) is 7.24. The molecule has 2 aromatic carbocycles. The number of methoxy groups -OCH3 is 1. The Labute approximate surface area is 172 Å². The normalized spacial score (nSPS) is 10.9. The third-order valence-electron chi connectivity index (χ3n) is 4.44. The monoisotopic (exact) mass is 392 g/mol. The minimum absolute atomic E-state index is 0.562. The number of halogens is 2. The maximum atomic E-state index is 13.9. The van der Waals surface area contributed by atoms with Gasteiger partial charge in [-0.15, -0.1) is 0 Å². The van der Waals surface area contributed by atoms with E-state index in [4.69, 9.17) is 4.74 Å². The Morgan fingerprint density at radius 3 is 1.79 bits per heavy atom. The summed E-state index contributed by atoms with van der Waals surface area (Å²) in [5, 5.41) is 0. The lowest BCUT2D eigenvalue weighted by molar-refractivity contribution is 0.415. The van der Waals surface area contributed by atoms with Crippen LogP contribution in [0.2, 0.25) is 0 Å². The fraction of sp³-hybridized carbons (Fsp3) is 0.308. The first-order valence-electron chi connectivity index (χ1n) is 9.94. The van der Waals surface area contributed by atoms with Crippen molar-refractivity contribution in [2.45, 2.75) is 45.4 Å². The van der Waals surface area contributed by atoms with Gasteiger partial charge in [0.2, 0.25) is 11.7 Å². The first-order chi connectivity index (χ1) is 14.1. The van der Waals surface area contributed by atoms with Crippen molar-refractivity contribution < 1.29 is 13.5 Å². The molecule has 0 bridgehead atoms. The highest BCUT2D eigenvalue weighted by molar-refractivity contribution is 5.46. The second-order valence-corrected chi connectivity index (χ2v) is 6.72. The number of hydrogen-bond acceptors (Lipinski definition) is 1. The van der Waals surface area contributed by atoms with Crippen LogP contribution in [0.25, 0.3) is 0 Å².